The second kappa shape index (κ2) is 6.08. The summed E-state index contributed by atoms with van der Waals surface area (Å²) in [5.74, 6) is 0. The molecule has 2 heterocycles. The van der Waals surface area contributed by atoms with Crippen LogP contribution in [0, 0.1) is 0 Å². The maximum absolute atomic E-state index is 12.4. The van der Waals surface area contributed by atoms with Gasteiger partial charge in [0, 0.05) is 23.0 Å². The van der Waals surface area contributed by atoms with Crippen molar-refractivity contribution in [3.8, 4) is 0 Å². The van der Waals surface area contributed by atoms with Crippen molar-refractivity contribution in [1.29, 1.82) is 0 Å². The number of amides is 2. The van der Waals surface area contributed by atoms with Crippen LogP contribution in [0.4, 0.5) is 4.79 Å². The van der Waals surface area contributed by atoms with Crippen LogP contribution >= 0.6 is 22.9 Å². The summed E-state index contributed by atoms with van der Waals surface area (Å²) in [6.07, 6.45) is 0.945. The topological polar surface area (TPSA) is 32.3 Å². The molecule has 0 spiro atoms. The molecule has 1 aromatic heterocycles. The first-order valence-electron chi connectivity index (χ1n) is 7.00. The van der Waals surface area contributed by atoms with Gasteiger partial charge < -0.3 is 10.2 Å². The number of carbonyl (C=O) groups excluding carboxylic acids is 1. The van der Waals surface area contributed by atoms with Gasteiger partial charge in [0.2, 0.25) is 0 Å². The van der Waals surface area contributed by atoms with E-state index in [1.54, 1.807) is 11.3 Å². The highest BCUT2D eigenvalue weighted by Crippen LogP contribution is 2.25. The molecule has 3 nitrogen and oxygen atoms in total. The molecular weight excluding hydrogens is 304 g/mol. The molecule has 2 amide bonds. The summed E-state index contributed by atoms with van der Waals surface area (Å²) in [7, 11) is 0. The minimum atomic E-state index is -0.102. The fourth-order valence-electron chi connectivity index (χ4n) is 2.60. The Balaban J connectivity index is 1.66. The van der Waals surface area contributed by atoms with Crippen molar-refractivity contribution in [3.05, 3.63) is 56.7 Å². The summed E-state index contributed by atoms with van der Waals surface area (Å²) in [5, 5.41) is 5.82. The molecule has 0 bridgehead atoms. The Kier molecular flexibility index (Phi) is 4.17. The number of hydrogen-bond acceptors (Lipinski definition) is 2. The molecule has 1 N–H and O–H groups in total. The summed E-state index contributed by atoms with van der Waals surface area (Å²) < 4.78 is 0. The zero-order chi connectivity index (χ0) is 14.8. The molecular formula is C16H17ClN2OS. The van der Waals surface area contributed by atoms with Crippen molar-refractivity contribution >= 4 is 29.0 Å². The van der Waals surface area contributed by atoms with Crippen LogP contribution in [0.1, 0.15) is 29.0 Å². The SMILES string of the molecule is C[C@@H](NC(=O)N1CCc2sccc2C1)c1ccccc1Cl. The lowest BCUT2D eigenvalue weighted by Crippen LogP contribution is -2.43. The average Bonchev–Trinajstić information content (AvgIpc) is 2.94. The summed E-state index contributed by atoms with van der Waals surface area (Å²) in [6.45, 7) is 3.42. The van der Waals surface area contributed by atoms with E-state index in [0.29, 0.717) is 11.6 Å². The van der Waals surface area contributed by atoms with Gasteiger partial charge in [-0.1, -0.05) is 29.8 Å². The highest BCUT2D eigenvalue weighted by atomic mass is 35.5. The molecule has 2 aromatic rings. The summed E-state index contributed by atoms with van der Waals surface area (Å²) in [4.78, 5) is 15.7. The van der Waals surface area contributed by atoms with Gasteiger partial charge in [0.05, 0.1) is 6.04 Å². The standard InChI is InChI=1S/C16H17ClN2OS/c1-11(13-4-2-3-5-14(13)17)18-16(20)19-8-6-15-12(10-19)7-9-21-15/h2-5,7,9,11H,6,8,10H2,1H3,(H,18,20)/t11-/m1/s1. The molecule has 1 aliphatic rings. The van der Waals surface area contributed by atoms with Crippen LogP contribution < -0.4 is 5.32 Å². The summed E-state index contributed by atoms with van der Waals surface area (Å²) in [6, 6.07) is 9.59. The van der Waals surface area contributed by atoms with Gasteiger partial charge in [0.25, 0.3) is 0 Å². The fourth-order valence-corrected chi connectivity index (χ4v) is 3.79. The van der Waals surface area contributed by atoms with Gasteiger partial charge in [-0.3, -0.25) is 0 Å². The normalized spacial score (nSPS) is 15.4. The maximum atomic E-state index is 12.4. The zero-order valence-corrected chi connectivity index (χ0v) is 13.4. The quantitative estimate of drug-likeness (QED) is 0.882. The number of benzene rings is 1. The van der Waals surface area contributed by atoms with Gasteiger partial charge in [-0.05, 0) is 42.0 Å². The Morgan fingerprint density at radius 3 is 3.00 bits per heavy atom. The van der Waals surface area contributed by atoms with Crippen LogP contribution in [0.5, 0.6) is 0 Å². The van der Waals surface area contributed by atoms with E-state index in [2.05, 4.69) is 16.8 Å². The van der Waals surface area contributed by atoms with Gasteiger partial charge in [-0.25, -0.2) is 4.79 Å². The third-order valence-electron chi connectivity index (χ3n) is 3.81. The number of halogens is 1. The number of rotatable bonds is 2. The molecule has 0 aliphatic carbocycles. The van der Waals surface area contributed by atoms with E-state index in [-0.39, 0.29) is 12.1 Å². The third-order valence-corrected chi connectivity index (χ3v) is 5.17. The minimum absolute atomic E-state index is 0.0285. The molecule has 5 heteroatoms. The lowest BCUT2D eigenvalue weighted by atomic mass is 10.1. The first-order valence-corrected chi connectivity index (χ1v) is 8.26. The van der Waals surface area contributed by atoms with Crippen LogP contribution in [0.25, 0.3) is 0 Å². The predicted octanol–water partition coefficient (Wildman–Crippen LogP) is 4.23. The van der Waals surface area contributed by atoms with Gasteiger partial charge in [0.1, 0.15) is 0 Å². The van der Waals surface area contributed by atoms with Crippen molar-refractivity contribution in [2.45, 2.75) is 25.9 Å². The second-order valence-electron chi connectivity index (χ2n) is 5.23. The van der Waals surface area contributed by atoms with Gasteiger partial charge in [-0.2, -0.15) is 0 Å². The molecule has 1 aromatic carbocycles. The lowest BCUT2D eigenvalue weighted by Gasteiger charge is -2.29. The average molecular weight is 321 g/mol. The van der Waals surface area contributed by atoms with E-state index in [0.717, 1.165) is 18.5 Å². The van der Waals surface area contributed by atoms with E-state index >= 15 is 0 Å². The largest absolute Gasteiger partial charge is 0.331 e. The Morgan fingerprint density at radius 2 is 2.19 bits per heavy atom. The number of fused-ring (bicyclic) bond motifs is 1. The second-order valence-corrected chi connectivity index (χ2v) is 6.64. The van der Waals surface area contributed by atoms with Crippen LogP contribution in [-0.2, 0) is 13.0 Å². The van der Waals surface area contributed by atoms with Crippen LogP contribution in [0.2, 0.25) is 5.02 Å². The van der Waals surface area contributed by atoms with Crippen LogP contribution in [0.15, 0.2) is 35.7 Å². The van der Waals surface area contributed by atoms with E-state index in [1.807, 2.05) is 36.1 Å². The predicted molar refractivity (Wildman–Crippen MR) is 86.8 cm³/mol. The van der Waals surface area contributed by atoms with E-state index in [4.69, 9.17) is 11.6 Å². The smallest absolute Gasteiger partial charge is 0.318 e. The van der Waals surface area contributed by atoms with Crippen molar-refractivity contribution in [2.24, 2.45) is 0 Å². The number of carbonyl (C=O) groups is 1. The Hall–Kier alpha value is -1.52. The summed E-state index contributed by atoms with van der Waals surface area (Å²) in [5.41, 5.74) is 2.22. The first-order chi connectivity index (χ1) is 10.1. The number of nitrogens with zero attached hydrogens (tertiary/aromatic N) is 1. The van der Waals surface area contributed by atoms with Crippen molar-refractivity contribution < 1.29 is 4.79 Å². The number of hydrogen-bond donors (Lipinski definition) is 1. The Labute approximate surface area is 133 Å². The fraction of sp³-hybridized carbons (Fsp3) is 0.312. The van der Waals surface area contributed by atoms with Gasteiger partial charge in [-0.15, -0.1) is 11.3 Å². The van der Waals surface area contributed by atoms with Crippen LogP contribution in [0.3, 0.4) is 0 Å². The van der Waals surface area contributed by atoms with Crippen molar-refractivity contribution in [3.63, 3.8) is 0 Å². The molecule has 0 saturated carbocycles. The van der Waals surface area contributed by atoms with E-state index in [9.17, 15) is 4.79 Å². The monoisotopic (exact) mass is 320 g/mol. The molecule has 0 radical (unpaired) electrons. The molecule has 0 saturated heterocycles. The molecule has 1 atom stereocenters. The lowest BCUT2D eigenvalue weighted by molar-refractivity contribution is 0.189. The minimum Gasteiger partial charge on any atom is -0.331 e. The highest BCUT2D eigenvalue weighted by Gasteiger charge is 2.23. The van der Waals surface area contributed by atoms with E-state index < -0.39 is 0 Å². The molecule has 110 valence electrons. The maximum Gasteiger partial charge on any atom is 0.318 e. The third kappa shape index (κ3) is 3.06. The Morgan fingerprint density at radius 1 is 1.38 bits per heavy atom. The van der Waals surface area contributed by atoms with Gasteiger partial charge in [0.15, 0.2) is 0 Å². The number of thiophene rings is 1. The molecule has 0 unspecified atom stereocenters. The molecule has 0 fully saturated rings. The van der Waals surface area contributed by atoms with E-state index in [1.165, 1.54) is 10.4 Å². The van der Waals surface area contributed by atoms with Crippen molar-refractivity contribution in [2.75, 3.05) is 6.54 Å². The van der Waals surface area contributed by atoms with Crippen LogP contribution in [-0.4, -0.2) is 17.5 Å². The van der Waals surface area contributed by atoms with Crippen molar-refractivity contribution in [1.82, 2.24) is 10.2 Å². The highest BCUT2D eigenvalue weighted by molar-refractivity contribution is 7.10. The zero-order valence-electron chi connectivity index (χ0n) is 11.8. The number of urea groups is 1. The molecule has 21 heavy (non-hydrogen) atoms. The summed E-state index contributed by atoms with van der Waals surface area (Å²) >= 11 is 7.95. The number of nitrogens with one attached hydrogen (secondary N) is 1. The molecule has 1 aliphatic heterocycles. The van der Waals surface area contributed by atoms with Gasteiger partial charge >= 0.3 is 6.03 Å². The Bertz CT molecular complexity index is 655. The first kappa shape index (κ1) is 14.4. The molecule has 3 rings (SSSR count).